The number of aliphatic hydroxyl groups is 1. The molecule has 3 aromatic rings. The van der Waals surface area contributed by atoms with Crippen molar-refractivity contribution in [3.05, 3.63) is 54.2 Å². The molecule has 11 heteroatoms. The van der Waals surface area contributed by atoms with Gasteiger partial charge in [0.25, 0.3) is 5.92 Å². The smallest absolute Gasteiger partial charge is 0.287 e. The van der Waals surface area contributed by atoms with Crippen LogP contribution >= 0.6 is 0 Å². The van der Waals surface area contributed by atoms with Gasteiger partial charge in [-0.05, 0) is 47.4 Å². The molecule has 2 aromatic heterocycles. The number of alkyl halides is 2. The van der Waals surface area contributed by atoms with Crippen LogP contribution in [0.15, 0.2) is 41.5 Å². The fourth-order valence-electron chi connectivity index (χ4n) is 4.79. The summed E-state index contributed by atoms with van der Waals surface area (Å²) in [5.41, 5.74) is -4.67. The molecule has 8 nitrogen and oxygen atoms in total. The zero-order valence-corrected chi connectivity index (χ0v) is 14.5. The molecule has 0 amide bonds. The lowest BCUT2D eigenvalue weighted by molar-refractivity contribution is -0.348. The van der Waals surface area contributed by atoms with E-state index >= 15 is 8.78 Å². The molecule has 1 aromatic carbocycles. The third-order valence-corrected chi connectivity index (χ3v) is 6.16. The Morgan fingerprint density at radius 3 is 2.46 bits per heavy atom. The Bertz CT molecular complexity index is 973. The van der Waals surface area contributed by atoms with Crippen molar-refractivity contribution in [2.24, 2.45) is 5.41 Å². The molecule has 0 aliphatic heterocycles. The molecule has 6 rings (SSSR count). The normalized spacial score (nSPS) is 28.3. The Labute approximate surface area is 156 Å². The Hall–Kier alpha value is -2.82. The third-order valence-electron chi connectivity index (χ3n) is 6.16. The van der Waals surface area contributed by atoms with Gasteiger partial charge in [0.1, 0.15) is 12.1 Å². The van der Waals surface area contributed by atoms with Gasteiger partial charge in [-0.15, -0.1) is 5.10 Å². The first-order valence-electron chi connectivity index (χ1n) is 8.64. The maximum absolute atomic E-state index is 15.8. The van der Waals surface area contributed by atoms with Crippen LogP contribution in [-0.2, 0) is 17.6 Å². The zero-order chi connectivity index (χ0) is 19.6. The SMILES string of the molecule is O[C@](Cn1cnnn1)(c1ccc(F)cc1)C(F)(F)C12CC(c3ncon3)(C1)C2. The van der Waals surface area contributed by atoms with Gasteiger partial charge in [-0.25, -0.2) is 17.9 Å². The number of nitrogens with zero attached hydrogens (tertiary/aromatic N) is 6. The van der Waals surface area contributed by atoms with E-state index in [1.807, 2.05) is 0 Å². The minimum absolute atomic E-state index is 0.104. The van der Waals surface area contributed by atoms with Crippen molar-refractivity contribution in [1.82, 2.24) is 30.3 Å². The van der Waals surface area contributed by atoms with Crippen LogP contribution < -0.4 is 0 Å². The van der Waals surface area contributed by atoms with E-state index in [9.17, 15) is 9.50 Å². The van der Waals surface area contributed by atoms with Crippen molar-refractivity contribution in [2.45, 2.75) is 42.7 Å². The minimum Gasteiger partial charge on any atom is -0.377 e. The molecule has 1 N–H and O–H groups in total. The van der Waals surface area contributed by atoms with Gasteiger partial charge in [-0.1, -0.05) is 17.3 Å². The van der Waals surface area contributed by atoms with Crippen LogP contribution in [0, 0.1) is 11.2 Å². The van der Waals surface area contributed by atoms with Crippen LogP contribution in [0.25, 0.3) is 0 Å². The van der Waals surface area contributed by atoms with Crippen LogP contribution in [0.1, 0.15) is 30.7 Å². The van der Waals surface area contributed by atoms with Crippen molar-refractivity contribution in [3.8, 4) is 0 Å². The molecule has 0 saturated heterocycles. The highest BCUT2D eigenvalue weighted by molar-refractivity contribution is 5.37. The molecule has 0 unspecified atom stereocenters. The Morgan fingerprint density at radius 1 is 1.18 bits per heavy atom. The quantitative estimate of drug-likeness (QED) is 0.683. The van der Waals surface area contributed by atoms with Crippen LogP contribution in [0.4, 0.5) is 13.2 Å². The lowest BCUT2D eigenvalue weighted by Gasteiger charge is -2.72. The molecule has 2 heterocycles. The van der Waals surface area contributed by atoms with Gasteiger partial charge in [-0.3, -0.25) is 0 Å². The first kappa shape index (κ1) is 17.3. The van der Waals surface area contributed by atoms with Gasteiger partial charge in [0, 0.05) is 10.8 Å². The van der Waals surface area contributed by atoms with Gasteiger partial charge in [0.05, 0.1) is 6.54 Å². The van der Waals surface area contributed by atoms with Crippen molar-refractivity contribution in [2.75, 3.05) is 0 Å². The van der Waals surface area contributed by atoms with Crippen LogP contribution in [0.3, 0.4) is 0 Å². The van der Waals surface area contributed by atoms with Crippen molar-refractivity contribution >= 4 is 0 Å². The van der Waals surface area contributed by atoms with E-state index in [-0.39, 0.29) is 24.8 Å². The van der Waals surface area contributed by atoms with Gasteiger partial charge in [0.15, 0.2) is 11.4 Å². The van der Waals surface area contributed by atoms with Gasteiger partial charge < -0.3 is 9.63 Å². The second-order valence-corrected chi connectivity index (χ2v) is 7.79. The lowest BCUT2D eigenvalue weighted by atomic mass is 9.32. The fourth-order valence-corrected chi connectivity index (χ4v) is 4.79. The second-order valence-electron chi connectivity index (χ2n) is 7.79. The maximum atomic E-state index is 15.8. The van der Waals surface area contributed by atoms with E-state index in [1.165, 1.54) is 6.39 Å². The Balaban J connectivity index is 1.51. The molecule has 0 radical (unpaired) electrons. The van der Waals surface area contributed by atoms with E-state index in [4.69, 9.17) is 4.52 Å². The first-order valence-corrected chi connectivity index (χ1v) is 8.64. The second kappa shape index (κ2) is 5.37. The molecular weight excluding hydrogens is 377 g/mol. The molecular formula is C17H15F3N6O2. The molecule has 0 spiro atoms. The van der Waals surface area contributed by atoms with Crippen LogP contribution in [-0.4, -0.2) is 41.4 Å². The highest BCUT2D eigenvalue weighted by atomic mass is 19.3. The fraction of sp³-hybridized carbons (Fsp3) is 0.471. The Morgan fingerprint density at radius 2 is 1.89 bits per heavy atom. The monoisotopic (exact) mass is 392 g/mol. The topological polar surface area (TPSA) is 103 Å². The highest BCUT2D eigenvalue weighted by Gasteiger charge is 2.83. The summed E-state index contributed by atoms with van der Waals surface area (Å²) in [5, 5.41) is 25.5. The van der Waals surface area contributed by atoms with E-state index < -0.39 is 34.7 Å². The zero-order valence-electron chi connectivity index (χ0n) is 14.5. The molecule has 1 atom stereocenters. The molecule has 3 aliphatic carbocycles. The summed E-state index contributed by atoms with van der Waals surface area (Å²) >= 11 is 0. The predicted octanol–water partition coefficient (Wildman–Crippen LogP) is 1.84. The molecule has 2 bridgehead atoms. The number of rotatable bonds is 6. The molecule has 146 valence electrons. The average molecular weight is 392 g/mol. The number of halogens is 3. The van der Waals surface area contributed by atoms with Crippen molar-refractivity contribution in [3.63, 3.8) is 0 Å². The van der Waals surface area contributed by atoms with Crippen LogP contribution in [0.2, 0.25) is 0 Å². The number of hydrogen-bond donors (Lipinski definition) is 1. The maximum Gasteiger partial charge on any atom is 0.287 e. The largest absolute Gasteiger partial charge is 0.377 e. The van der Waals surface area contributed by atoms with Crippen molar-refractivity contribution < 1.29 is 22.8 Å². The minimum atomic E-state index is -3.53. The highest BCUT2D eigenvalue weighted by Crippen LogP contribution is 2.79. The number of hydrogen-bond acceptors (Lipinski definition) is 7. The van der Waals surface area contributed by atoms with E-state index in [1.54, 1.807) is 0 Å². The van der Waals surface area contributed by atoms with E-state index in [0.29, 0.717) is 5.82 Å². The number of benzene rings is 1. The predicted molar refractivity (Wildman–Crippen MR) is 85.3 cm³/mol. The number of tetrazole rings is 1. The van der Waals surface area contributed by atoms with Gasteiger partial charge in [-0.2, -0.15) is 4.98 Å². The van der Waals surface area contributed by atoms with Gasteiger partial charge >= 0.3 is 0 Å². The van der Waals surface area contributed by atoms with Crippen molar-refractivity contribution in [1.29, 1.82) is 0 Å². The summed E-state index contributed by atoms with van der Waals surface area (Å²) in [5.74, 6) is -3.70. The molecule has 28 heavy (non-hydrogen) atoms. The molecule has 3 aliphatic rings. The standard InChI is InChI=1S/C17H15F3N6O2/c18-12-3-1-11(2-4-12)16(27,8-26-9-22-24-25-26)17(19,20)15-5-14(6-15,7-15)13-21-10-28-23-13/h1-4,9-10,27H,5-8H2/t14?,15?,16-/m1/s1. The summed E-state index contributed by atoms with van der Waals surface area (Å²) in [6, 6.07) is 4.40. The van der Waals surface area contributed by atoms with Crippen LogP contribution in [0.5, 0.6) is 0 Å². The molecule has 3 saturated carbocycles. The summed E-state index contributed by atoms with van der Waals surface area (Å²) in [6.45, 7) is -0.574. The van der Waals surface area contributed by atoms with E-state index in [2.05, 4.69) is 25.7 Å². The molecule has 3 fully saturated rings. The summed E-state index contributed by atoms with van der Waals surface area (Å²) in [7, 11) is 0. The summed E-state index contributed by atoms with van der Waals surface area (Å²) in [6.07, 6.45) is 2.71. The Kier molecular flexibility index (Phi) is 3.32. The average Bonchev–Trinajstić information content (AvgIpc) is 3.26. The first-order chi connectivity index (χ1) is 13.3. The van der Waals surface area contributed by atoms with Gasteiger partial charge in [0.2, 0.25) is 6.39 Å². The lowest BCUT2D eigenvalue weighted by Crippen LogP contribution is -2.76. The number of aromatic nitrogens is 6. The summed E-state index contributed by atoms with van der Waals surface area (Å²) < 4.78 is 50.8. The summed E-state index contributed by atoms with van der Waals surface area (Å²) in [4.78, 5) is 3.99. The van der Waals surface area contributed by atoms with E-state index in [0.717, 1.165) is 35.3 Å². The third kappa shape index (κ3) is 2.07.